The van der Waals surface area contributed by atoms with Gasteiger partial charge in [0.25, 0.3) is 5.69 Å². The summed E-state index contributed by atoms with van der Waals surface area (Å²) < 4.78 is 22.7. The van der Waals surface area contributed by atoms with Gasteiger partial charge in [-0.2, -0.15) is 0 Å². The van der Waals surface area contributed by atoms with Crippen LogP contribution in [-0.4, -0.2) is 19.1 Å². The van der Waals surface area contributed by atoms with Crippen LogP contribution >= 0.6 is 0 Å². The summed E-state index contributed by atoms with van der Waals surface area (Å²) in [6, 6.07) is 5.76. The SMILES string of the molecule is CCS(=O)(=O)C(C)(C)c1cccc([N+](=O)[O-])c1. The fraction of sp³-hybridized carbons (Fsp3) is 0.455. The highest BCUT2D eigenvalue weighted by atomic mass is 32.2. The van der Waals surface area contributed by atoms with Crippen molar-refractivity contribution in [2.75, 3.05) is 5.75 Å². The summed E-state index contributed by atoms with van der Waals surface area (Å²) in [5, 5.41) is 10.7. The summed E-state index contributed by atoms with van der Waals surface area (Å²) >= 11 is 0. The van der Waals surface area contributed by atoms with Gasteiger partial charge in [0.1, 0.15) is 0 Å². The van der Waals surface area contributed by atoms with Gasteiger partial charge >= 0.3 is 0 Å². The Kier molecular flexibility index (Phi) is 3.56. The van der Waals surface area contributed by atoms with Crippen molar-refractivity contribution in [2.24, 2.45) is 0 Å². The first-order chi connectivity index (χ1) is 7.72. The van der Waals surface area contributed by atoms with E-state index in [0.717, 1.165) is 0 Å². The molecular weight excluding hydrogens is 242 g/mol. The topological polar surface area (TPSA) is 77.3 Å². The zero-order valence-corrected chi connectivity index (χ0v) is 10.8. The Balaban J connectivity index is 3.34. The van der Waals surface area contributed by atoms with Crippen LogP contribution in [0.15, 0.2) is 24.3 Å². The van der Waals surface area contributed by atoms with Gasteiger partial charge in [-0.15, -0.1) is 0 Å². The van der Waals surface area contributed by atoms with Gasteiger partial charge in [-0.25, -0.2) is 8.42 Å². The molecule has 17 heavy (non-hydrogen) atoms. The largest absolute Gasteiger partial charge is 0.269 e. The maximum absolute atomic E-state index is 11.9. The van der Waals surface area contributed by atoms with E-state index in [4.69, 9.17) is 0 Å². The zero-order valence-electron chi connectivity index (χ0n) is 10.0. The number of nitro groups is 1. The predicted octanol–water partition coefficient (Wildman–Crippen LogP) is 2.26. The molecule has 0 heterocycles. The molecule has 0 spiro atoms. The number of nitrogens with zero attached hydrogens (tertiary/aromatic N) is 1. The molecule has 6 heteroatoms. The van der Waals surface area contributed by atoms with Gasteiger partial charge in [-0.3, -0.25) is 10.1 Å². The minimum atomic E-state index is -3.32. The van der Waals surface area contributed by atoms with Crippen LogP contribution in [0.3, 0.4) is 0 Å². The molecule has 0 aliphatic heterocycles. The second-order valence-corrected chi connectivity index (χ2v) is 7.05. The highest BCUT2D eigenvalue weighted by Gasteiger charge is 2.35. The third-order valence-electron chi connectivity index (χ3n) is 2.91. The standard InChI is InChI=1S/C11H15NO4S/c1-4-17(15,16)11(2,3)9-6-5-7-10(8-9)12(13)14/h5-8H,4H2,1-3H3. The molecule has 0 saturated heterocycles. The van der Waals surface area contributed by atoms with Crippen LogP contribution in [0, 0.1) is 10.1 Å². The summed E-state index contributed by atoms with van der Waals surface area (Å²) in [5.41, 5.74) is 0.343. The second-order valence-electron chi connectivity index (χ2n) is 4.22. The van der Waals surface area contributed by atoms with E-state index in [2.05, 4.69) is 0 Å². The molecule has 0 aliphatic rings. The van der Waals surface area contributed by atoms with E-state index in [1.807, 2.05) is 0 Å². The first-order valence-electron chi connectivity index (χ1n) is 5.19. The first kappa shape index (κ1) is 13.6. The summed E-state index contributed by atoms with van der Waals surface area (Å²) in [5.74, 6) is 0.00267. The van der Waals surface area contributed by atoms with E-state index in [1.165, 1.54) is 18.2 Å². The lowest BCUT2D eigenvalue weighted by atomic mass is 10.0. The second kappa shape index (κ2) is 4.44. The number of non-ortho nitro benzene ring substituents is 1. The summed E-state index contributed by atoms with van der Waals surface area (Å²) in [6.07, 6.45) is 0. The highest BCUT2D eigenvalue weighted by molar-refractivity contribution is 7.92. The van der Waals surface area contributed by atoms with Gasteiger partial charge in [0, 0.05) is 17.9 Å². The predicted molar refractivity (Wildman–Crippen MR) is 65.6 cm³/mol. The molecule has 0 atom stereocenters. The zero-order chi connectivity index (χ0) is 13.3. The molecule has 0 amide bonds. The number of benzene rings is 1. The fourth-order valence-electron chi connectivity index (χ4n) is 1.53. The molecule has 94 valence electrons. The van der Waals surface area contributed by atoms with Crippen LogP contribution in [0.1, 0.15) is 26.3 Å². The van der Waals surface area contributed by atoms with Crippen molar-refractivity contribution in [3.05, 3.63) is 39.9 Å². The van der Waals surface area contributed by atoms with Crippen molar-refractivity contribution in [1.29, 1.82) is 0 Å². The molecule has 0 radical (unpaired) electrons. The molecule has 1 rings (SSSR count). The van der Waals surface area contributed by atoms with E-state index in [-0.39, 0.29) is 11.4 Å². The van der Waals surface area contributed by atoms with E-state index < -0.39 is 19.5 Å². The van der Waals surface area contributed by atoms with Gasteiger partial charge in [-0.1, -0.05) is 19.1 Å². The maximum Gasteiger partial charge on any atom is 0.269 e. The third-order valence-corrected chi connectivity index (χ3v) is 5.46. The van der Waals surface area contributed by atoms with Crippen LogP contribution in [-0.2, 0) is 14.6 Å². The third kappa shape index (κ3) is 2.46. The molecule has 0 N–H and O–H groups in total. The van der Waals surface area contributed by atoms with Gasteiger partial charge in [0.2, 0.25) is 0 Å². The Morgan fingerprint density at radius 3 is 2.41 bits per heavy atom. The van der Waals surface area contributed by atoms with E-state index in [0.29, 0.717) is 5.56 Å². The number of hydrogen-bond donors (Lipinski definition) is 0. The Morgan fingerprint density at radius 2 is 1.94 bits per heavy atom. The van der Waals surface area contributed by atoms with Gasteiger partial charge in [0.05, 0.1) is 9.67 Å². The quantitative estimate of drug-likeness (QED) is 0.612. The molecule has 1 aromatic carbocycles. The molecule has 0 aromatic heterocycles. The lowest BCUT2D eigenvalue weighted by Gasteiger charge is -2.24. The fourth-order valence-corrected chi connectivity index (χ4v) is 2.74. The van der Waals surface area contributed by atoms with Crippen molar-refractivity contribution in [2.45, 2.75) is 25.5 Å². The minimum absolute atomic E-state index is 0.00267. The number of nitro benzene ring substituents is 1. The average molecular weight is 257 g/mol. The Labute approximate surface area is 101 Å². The van der Waals surface area contributed by atoms with Gasteiger partial charge < -0.3 is 0 Å². The highest BCUT2D eigenvalue weighted by Crippen LogP contribution is 2.32. The number of rotatable bonds is 4. The van der Waals surface area contributed by atoms with Gasteiger partial charge in [-0.05, 0) is 19.4 Å². The molecule has 0 saturated carbocycles. The van der Waals surface area contributed by atoms with E-state index >= 15 is 0 Å². The van der Waals surface area contributed by atoms with Crippen molar-refractivity contribution in [3.63, 3.8) is 0 Å². The van der Waals surface area contributed by atoms with E-state index in [1.54, 1.807) is 26.8 Å². The van der Waals surface area contributed by atoms with Crippen LogP contribution in [0.25, 0.3) is 0 Å². The van der Waals surface area contributed by atoms with Crippen molar-refractivity contribution < 1.29 is 13.3 Å². The summed E-state index contributed by atoms with van der Waals surface area (Å²) in [6.45, 7) is 4.68. The molecule has 0 aliphatic carbocycles. The Hall–Kier alpha value is -1.43. The maximum atomic E-state index is 11.9. The van der Waals surface area contributed by atoms with Crippen LogP contribution in [0.5, 0.6) is 0 Å². The minimum Gasteiger partial charge on any atom is -0.258 e. The normalized spacial score (nSPS) is 12.4. The number of sulfone groups is 1. The van der Waals surface area contributed by atoms with Crippen molar-refractivity contribution >= 4 is 15.5 Å². The Morgan fingerprint density at radius 1 is 1.35 bits per heavy atom. The molecule has 0 bridgehead atoms. The molecule has 1 aromatic rings. The molecular formula is C11H15NO4S. The van der Waals surface area contributed by atoms with Gasteiger partial charge in [0.15, 0.2) is 9.84 Å². The lowest BCUT2D eigenvalue weighted by Crippen LogP contribution is -2.30. The summed E-state index contributed by atoms with van der Waals surface area (Å²) in [4.78, 5) is 10.1. The van der Waals surface area contributed by atoms with Crippen LogP contribution in [0.4, 0.5) is 5.69 Å². The van der Waals surface area contributed by atoms with E-state index in [9.17, 15) is 18.5 Å². The van der Waals surface area contributed by atoms with Crippen LogP contribution < -0.4 is 0 Å². The lowest BCUT2D eigenvalue weighted by molar-refractivity contribution is -0.384. The first-order valence-corrected chi connectivity index (χ1v) is 6.85. The smallest absolute Gasteiger partial charge is 0.258 e. The van der Waals surface area contributed by atoms with Crippen molar-refractivity contribution in [1.82, 2.24) is 0 Å². The monoisotopic (exact) mass is 257 g/mol. The molecule has 0 fully saturated rings. The Bertz CT molecular complexity index is 534. The molecule has 0 unspecified atom stereocenters. The van der Waals surface area contributed by atoms with Crippen molar-refractivity contribution in [3.8, 4) is 0 Å². The summed E-state index contributed by atoms with van der Waals surface area (Å²) in [7, 11) is -3.32. The molecule has 5 nitrogen and oxygen atoms in total. The average Bonchev–Trinajstić information content (AvgIpc) is 2.28. The number of hydrogen-bond acceptors (Lipinski definition) is 4. The van der Waals surface area contributed by atoms with Crippen LogP contribution in [0.2, 0.25) is 0 Å².